The molecule has 0 radical (unpaired) electrons. The minimum absolute atomic E-state index is 0.190. The zero-order valence-corrected chi connectivity index (χ0v) is 9.20. The molecule has 0 aliphatic carbocycles. The largest absolute Gasteiger partial charge is 0.316 e. The lowest BCUT2D eigenvalue weighted by Gasteiger charge is -2.09. The third-order valence-electron chi connectivity index (χ3n) is 2.52. The first-order valence-corrected chi connectivity index (χ1v) is 5.29. The van der Waals surface area contributed by atoms with Gasteiger partial charge in [-0.2, -0.15) is 0 Å². The maximum absolute atomic E-state index is 13.2. The summed E-state index contributed by atoms with van der Waals surface area (Å²) >= 11 is 0. The van der Waals surface area contributed by atoms with Crippen molar-refractivity contribution in [3.8, 4) is 11.1 Å². The van der Waals surface area contributed by atoms with Crippen LogP contribution in [0.2, 0.25) is 0 Å². The van der Waals surface area contributed by atoms with Crippen LogP contribution in [0.5, 0.6) is 0 Å². The zero-order valence-electron chi connectivity index (χ0n) is 9.20. The molecule has 0 atom stereocenters. The fourth-order valence-corrected chi connectivity index (χ4v) is 1.80. The van der Waals surface area contributed by atoms with Gasteiger partial charge in [-0.25, -0.2) is 4.39 Å². The van der Waals surface area contributed by atoms with E-state index in [0.717, 1.165) is 16.7 Å². The quantitative estimate of drug-likeness (QED) is 0.829. The van der Waals surface area contributed by atoms with Crippen LogP contribution in [0.25, 0.3) is 11.1 Å². The number of rotatable bonds is 3. The van der Waals surface area contributed by atoms with Gasteiger partial charge in [0.25, 0.3) is 0 Å². The Morgan fingerprint density at radius 1 is 1.06 bits per heavy atom. The molecule has 0 aliphatic rings. The van der Waals surface area contributed by atoms with Gasteiger partial charge in [0.05, 0.1) is 0 Å². The molecule has 0 amide bonds. The molecule has 0 unspecified atom stereocenters. The summed E-state index contributed by atoms with van der Waals surface area (Å²) in [6.07, 6.45) is 0. The molecule has 1 nitrogen and oxygen atoms in total. The molecular weight excluding hydrogens is 201 g/mol. The maximum Gasteiger partial charge on any atom is 0.123 e. The molecule has 2 aromatic carbocycles. The minimum Gasteiger partial charge on any atom is -0.316 e. The van der Waals surface area contributed by atoms with Crippen LogP contribution in [0, 0.1) is 5.82 Å². The average Bonchev–Trinajstić information content (AvgIpc) is 2.31. The molecule has 0 aromatic heterocycles. The van der Waals surface area contributed by atoms with Crippen molar-refractivity contribution in [2.45, 2.75) is 6.54 Å². The van der Waals surface area contributed by atoms with Gasteiger partial charge in [-0.1, -0.05) is 36.4 Å². The highest BCUT2D eigenvalue weighted by Crippen LogP contribution is 2.24. The molecule has 1 N–H and O–H groups in total. The Balaban J connectivity index is 2.48. The average molecular weight is 215 g/mol. The molecule has 0 heterocycles. The van der Waals surface area contributed by atoms with Crippen molar-refractivity contribution in [2.75, 3.05) is 7.05 Å². The number of hydrogen-bond acceptors (Lipinski definition) is 1. The molecule has 16 heavy (non-hydrogen) atoms. The topological polar surface area (TPSA) is 12.0 Å². The lowest BCUT2D eigenvalue weighted by molar-refractivity contribution is 0.624. The molecule has 2 rings (SSSR count). The summed E-state index contributed by atoms with van der Waals surface area (Å²) in [4.78, 5) is 0. The zero-order chi connectivity index (χ0) is 11.4. The molecule has 0 saturated heterocycles. The van der Waals surface area contributed by atoms with Crippen LogP contribution in [0.15, 0.2) is 48.5 Å². The predicted molar refractivity (Wildman–Crippen MR) is 64.6 cm³/mol. The normalized spacial score (nSPS) is 10.4. The third-order valence-corrected chi connectivity index (χ3v) is 2.52. The van der Waals surface area contributed by atoms with E-state index in [1.807, 2.05) is 43.4 Å². The van der Waals surface area contributed by atoms with Gasteiger partial charge in [-0.05, 0) is 35.9 Å². The van der Waals surface area contributed by atoms with Crippen LogP contribution in [-0.4, -0.2) is 7.05 Å². The maximum atomic E-state index is 13.2. The van der Waals surface area contributed by atoms with E-state index in [9.17, 15) is 4.39 Å². The highest BCUT2D eigenvalue weighted by atomic mass is 19.1. The van der Waals surface area contributed by atoms with E-state index in [-0.39, 0.29) is 5.82 Å². The lowest BCUT2D eigenvalue weighted by atomic mass is 9.99. The molecular formula is C14H14FN. The van der Waals surface area contributed by atoms with Gasteiger partial charge in [0.2, 0.25) is 0 Å². The van der Waals surface area contributed by atoms with Crippen molar-refractivity contribution in [1.82, 2.24) is 5.32 Å². The summed E-state index contributed by atoms with van der Waals surface area (Å²) in [6.45, 7) is 0.669. The highest BCUT2D eigenvalue weighted by molar-refractivity contribution is 5.67. The van der Waals surface area contributed by atoms with Gasteiger partial charge in [-0.3, -0.25) is 0 Å². The van der Waals surface area contributed by atoms with E-state index < -0.39 is 0 Å². The van der Waals surface area contributed by atoms with Gasteiger partial charge in [-0.15, -0.1) is 0 Å². The SMILES string of the molecule is CNCc1cc(F)ccc1-c1ccccc1. The first-order chi connectivity index (χ1) is 7.81. The Morgan fingerprint density at radius 3 is 2.50 bits per heavy atom. The van der Waals surface area contributed by atoms with Gasteiger partial charge < -0.3 is 5.32 Å². The van der Waals surface area contributed by atoms with Crippen LogP contribution < -0.4 is 5.32 Å². The van der Waals surface area contributed by atoms with Crippen LogP contribution >= 0.6 is 0 Å². The van der Waals surface area contributed by atoms with Gasteiger partial charge in [0, 0.05) is 6.54 Å². The summed E-state index contributed by atoms with van der Waals surface area (Å²) in [7, 11) is 1.86. The van der Waals surface area contributed by atoms with E-state index in [1.54, 1.807) is 6.07 Å². The molecule has 0 bridgehead atoms. The fraction of sp³-hybridized carbons (Fsp3) is 0.143. The van der Waals surface area contributed by atoms with E-state index >= 15 is 0 Å². The van der Waals surface area contributed by atoms with Crippen molar-refractivity contribution in [2.24, 2.45) is 0 Å². The molecule has 0 aliphatic heterocycles. The highest BCUT2D eigenvalue weighted by Gasteiger charge is 2.05. The summed E-state index contributed by atoms with van der Waals surface area (Å²) in [6, 6.07) is 14.9. The van der Waals surface area contributed by atoms with Crippen molar-refractivity contribution in [1.29, 1.82) is 0 Å². The van der Waals surface area contributed by atoms with Crippen LogP contribution in [0.3, 0.4) is 0 Å². The Morgan fingerprint density at radius 2 is 1.81 bits per heavy atom. The molecule has 2 heteroatoms. The number of halogens is 1. The van der Waals surface area contributed by atoms with Crippen molar-refractivity contribution in [3.05, 3.63) is 59.9 Å². The Hall–Kier alpha value is -1.67. The van der Waals surface area contributed by atoms with Crippen molar-refractivity contribution >= 4 is 0 Å². The molecule has 0 saturated carbocycles. The van der Waals surface area contributed by atoms with Crippen LogP contribution in [-0.2, 0) is 6.54 Å². The Bertz CT molecular complexity index is 465. The van der Waals surface area contributed by atoms with Crippen LogP contribution in [0.4, 0.5) is 4.39 Å². The van der Waals surface area contributed by atoms with Crippen molar-refractivity contribution in [3.63, 3.8) is 0 Å². The standard InChI is InChI=1S/C14H14FN/c1-16-10-12-9-13(15)7-8-14(12)11-5-3-2-4-6-11/h2-9,16H,10H2,1H3. The van der Waals surface area contributed by atoms with Gasteiger partial charge >= 0.3 is 0 Å². The smallest absolute Gasteiger partial charge is 0.123 e. The predicted octanol–water partition coefficient (Wildman–Crippen LogP) is 3.21. The Labute approximate surface area is 94.9 Å². The monoisotopic (exact) mass is 215 g/mol. The minimum atomic E-state index is -0.190. The second kappa shape index (κ2) is 4.90. The lowest BCUT2D eigenvalue weighted by Crippen LogP contribution is -2.06. The second-order valence-corrected chi connectivity index (χ2v) is 3.70. The molecule has 0 fully saturated rings. The first kappa shape index (κ1) is 10.8. The number of hydrogen-bond donors (Lipinski definition) is 1. The second-order valence-electron chi connectivity index (χ2n) is 3.70. The molecule has 82 valence electrons. The summed E-state index contributed by atoms with van der Waals surface area (Å²) < 4.78 is 13.2. The van der Waals surface area contributed by atoms with Gasteiger partial charge in [0.15, 0.2) is 0 Å². The van der Waals surface area contributed by atoms with Crippen molar-refractivity contribution < 1.29 is 4.39 Å². The third kappa shape index (κ3) is 2.28. The number of benzene rings is 2. The van der Waals surface area contributed by atoms with E-state index in [1.165, 1.54) is 6.07 Å². The van der Waals surface area contributed by atoms with Gasteiger partial charge in [0.1, 0.15) is 5.82 Å². The van der Waals surface area contributed by atoms with E-state index in [4.69, 9.17) is 0 Å². The van der Waals surface area contributed by atoms with Crippen LogP contribution in [0.1, 0.15) is 5.56 Å². The number of nitrogens with one attached hydrogen (secondary N) is 1. The summed E-state index contributed by atoms with van der Waals surface area (Å²) in [5.74, 6) is -0.190. The summed E-state index contributed by atoms with van der Waals surface area (Å²) in [5, 5.41) is 3.05. The first-order valence-electron chi connectivity index (χ1n) is 5.29. The van der Waals surface area contributed by atoms with E-state index in [0.29, 0.717) is 6.54 Å². The fourth-order valence-electron chi connectivity index (χ4n) is 1.80. The molecule has 2 aromatic rings. The van der Waals surface area contributed by atoms with E-state index in [2.05, 4.69) is 5.32 Å². The molecule has 0 spiro atoms. The Kier molecular flexibility index (Phi) is 3.32. The summed E-state index contributed by atoms with van der Waals surface area (Å²) in [5.41, 5.74) is 3.18.